The van der Waals surface area contributed by atoms with Gasteiger partial charge in [-0.1, -0.05) is 48.6 Å². The van der Waals surface area contributed by atoms with Gasteiger partial charge in [-0.25, -0.2) is 0 Å². The van der Waals surface area contributed by atoms with E-state index in [1.807, 2.05) is 11.3 Å². The molecule has 1 aromatic heterocycles. The van der Waals surface area contributed by atoms with Crippen LogP contribution in [-0.4, -0.2) is 0 Å². The minimum Gasteiger partial charge on any atom is -0.145 e. The molecule has 0 saturated carbocycles. The van der Waals surface area contributed by atoms with Crippen LogP contribution in [0.4, 0.5) is 0 Å². The third kappa shape index (κ3) is 2.71. The van der Waals surface area contributed by atoms with E-state index in [0.717, 1.165) is 0 Å². The van der Waals surface area contributed by atoms with Gasteiger partial charge in [-0.15, -0.1) is 11.3 Å². The van der Waals surface area contributed by atoms with Crippen LogP contribution in [0.3, 0.4) is 0 Å². The second-order valence-corrected chi connectivity index (χ2v) is 6.00. The molecule has 0 aliphatic carbocycles. The van der Waals surface area contributed by atoms with Crippen molar-refractivity contribution < 1.29 is 0 Å². The largest absolute Gasteiger partial charge is 0.145 e. The Bertz CT molecular complexity index is 613. The van der Waals surface area contributed by atoms with Crippen molar-refractivity contribution in [2.75, 3.05) is 0 Å². The fourth-order valence-corrected chi connectivity index (χ4v) is 3.59. The van der Waals surface area contributed by atoms with Crippen LogP contribution in [0.5, 0.6) is 0 Å². The van der Waals surface area contributed by atoms with Gasteiger partial charge in [-0.2, -0.15) is 0 Å². The molecule has 0 aliphatic rings. The van der Waals surface area contributed by atoms with E-state index in [-0.39, 0.29) is 0 Å². The molecule has 0 bridgehead atoms. The predicted octanol–water partition coefficient (Wildman–Crippen LogP) is 6.01. The number of thiophene rings is 1. The molecule has 0 nitrogen and oxygen atoms in total. The van der Waals surface area contributed by atoms with Crippen LogP contribution >= 0.6 is 11.3 Å². The minimum atomic E-state index is 1.31. The molecule has 0 N–H and O–H groups in total. The van der Waals surface area contributed by atoms with Gasteiger partial charge in [-0.05, 0) is 38.8 Å². The first-order valence-electron chi connectivity index (χ1n) is 6.63. The highest BCUT2D eigenvalue weighted by molar-refractivity contribution is 7.12. The average Bonchev–Trinajstić information content (AvgIpc) is 2.72. The van der Waals surface area contributed by atoms with Gasteiger partial charge in [-0.3, -0.25) is 0 Å². The van der Waals surface area contributed by atoms with E-state index >= 15 is 0 Å². The van der Waals surface area contributed by atoms with Gasteiger partial charge in [0.2, 0.25) is 0 Å². The molecule has 2 rings (SSSR count). The quantitative estimate of drug-likeness (QED) is 0.598. The summed E-state index contributed by atoms with van der Waals surface area (Å²) >= 11 is 1.89. The van der Waals surface area contributed by atoms with Gasteiger partial charge in [0.1, 0.15) is 0 Å². The Balaban J connectivity index is 2.69. The zero-order chi connectivity index (χ0) is 13.8. The second kappa shape index (κ2) is 6.03. The van der Waals surface area contributed by atoms with Crippen molar-refractivity contribution in [2.45, 2.75) is 27.7 Å². The van der Waals surface area contributed by atoms with Crippen molar-refractivity contribution >= 4 is 16.9 Å². The van der Waals surface area contributed by atoms with Crippen molar-refractivity contribution in [1.29, 1.82) is 0 Å². The fraction of sp³-hybridized carbons (Fsp3) is 0.222. The van der Waals surface area contributed by atoms with Crippen LogP contribution in [0.15, 0.2) is 48.6 Å². The van der Waals surface area contributed by atoms with Gasteiger partial charge >= 0.3 is 0 Å². The van der Waals surface area contributed by atoms with Gasteiger partial charge < -0.3 is 0 Å². The highest BCUT2D eigenvalue weighted by atomic mass is 32.1. The Morgan fingerprint density at radius 3 is 2.26 bits per heavy atom. The molecular weight excluding hydrogens is 248 g/mol. The van der Waals surface area contributed by atoms with Crippen molar-refractivity contribution in [3.8, 4) is 11.1 Å². The van der Waals surface area contributed by atoms with Crippen LogP contribution in [-0.2, 0) is 0 Å². The van der Waals surface area contributed by atoms with E-state index in [4.69, 9.17) is 0 Å². The van der Waals surface area contributed by atoms with Crippen LogP contribution in [0.1, 0.15) is 29.2 Å². The van der Waals surface area contributed by atoms with E-state index in [1.165, 1.54) is 32.0 Å². The third-order valence-corrected chi connectivity index (χ3v) is 4.29. The number of aryl methyl sites for hydroxylation is 2. The standard InChI is InChI=1S/C18H20S/c1-5-10-15(6-2)17-13(3)19-14(4)18(17)16-11-8-7-9-12-16/h5-12H,1-4H3. The van der Waals surface area contributed by atoms with Gasteiger partial charge in [0.25, 0.3) is 0 Å². The van der Waals surface area contributed by atoms with E-state index in [9.17, 15) is 0 Å². The lowest BCUT2D eigenvalue weighted by atomic mass is 9.95. The molecule has 0 amide bonds. The summed E-state index contributed by atoms with van der Waals surface area (Å²) in [6, 6.07) is 10.7. The molecule has 19 heavy (non-hydrogen) atoms. The summed E-state index contributed by atoms with van der Waals surface area (Å²) in [5, 5.41) is 0. The molecular formula is C18H20S. The zero-order valence-corrected chi connectivity index (χ0v) is 12.8. The highest BCUT2D eigenvalue weighted by Gasteiger charge is 2.16. The Morgan fingerprint density at radius 2 is 1.68 bits per heavy atom. The maximum Gasteiger partial charge on any atom is 0.0102 e. The number of allylic oxidation sites excluding steroid dienone is 4. The molecule has 0 aliphatic heterocycles. The maximum atomic E-state index is 2.21. The van der Waals surface area contributed by atoms with Crippen molar-refractivity contribution in [3.05, 3.63) is 63.9 Å². The first-order valence-corrected chi connectivity index (χ1v) is 7.45. The van der Waals surface area contributed by atoms with Gasteiger partial charge in [0.15, 0.2) is 0 Å². The van der Waals surface area contributed by atoms with Crippen LogP contribution in [0, 0.1) is 13.8 Å². The number of benzene rings is 1. The Hall–Kier alpha value is -1.60. The topological polar surface area (TPSA) is 0 Å². The highest BCUT2D eigenvalue weighted by Crippen LogP contribution is 2.40. The lowest BCUT2D eigenvalue weighted by Crippen LogP contribution is -1.87. The van der Waals surface area contributed by atoms with Crippen LogP contribution < -0.4 is 0 Å². The molecule has 0 spiro atoms. The van der Waals surface area contributed by atoms with Crippen LogP contribution in [0.25, 0.3) is 16.7 Å². The van der Waals surface area contributed by atoms with Crippen LogP contribution in [0.2, 0.25) is 0 Å². The van der Waals surface area contributed by atoms with E-state index in [0.29, 0.717) is 0 Å². The predicted molar refractivity (Wildman–Crippen MR) is 87.7 cm³/mol. The average molecular weight is 268 g/mol. The summed E-state index contributed by atoms with van der Waals surface area (Å²) in [7, 11) is 0. The zero-order valence-electron chi connectivity index (χ0n) is 12.0. The summed E-state index contributed by atoms with van der Waals surface area (Å²) in [5.74, 6) is 0. The first kappa shape index (κ1) is 13.8. The molecule has 2 aromatic rings. The summed E-state index contributed by atoms with van der Waals surface area (Å²) in [5.41, 5.74) is 5.38. The fourth-order valence-electron chi connectivity index (χ4n) is 2.49. The molecule has 0 saturated heterocycles. The SMILES string of the molecule is CC=CC(=CC)c1c(C)sc(C)c1-c1ccccc1. The number of hydrogen-bond acceptors (Lipinski definition) is 1. The Kier molecular flexibility index (Phi) is 4.39. The van der Waals surface area contributed by atoms with Crippen molar-refractivity contribution in [1.82, 2.24) is 0 Å². The molecule has 0 unspecified atom stereocenters. The Labute approximate surface area is 120 Å². The molecule has 98 valence electrons. The van der Waals surface area contributed by atoms with Gasteiger partial charge in [0.05, 0.1) is 0 Å². The van der Waals surface area contributed by atoms with Crippen molar-refractivity contribution in [3.63, 3.8) is 0 Å². The number of hydrogen-bond donors (Lipinski definition) is 0. The lowest BCUT2D eigenvalue weighted by molar-refractivity contribution is 1.51. The lowest BCUT2D eigenvalue weighted by Gasteiger charge is -2.08. The molecule has 1 heteroatoms. The summed E-state index contributed by atoms with van der Waals surface area (Å²) in [6.45, 7) is 8.61. The summed E-state index contributed by atoms with van der Waals surface area (Å²) in [6.07, 6.45) is 6.50. The molecule has 1 heterocycles. The van der Waals surface area contributed by atoms with Crippen molar-refractivity contribution in [2.24, 2.45) is 0 Å². The molecule has 0 atom stereocenters. The smallest absolute Gasteiger partial charge is 0.0102 e. The van der Waals surface area contributed by atoms with E-state index < -0.39 is 0 Å². The summed E-state index contributed by atoms with van der Waals surface area (Å²) < 4.78 is 0. The van der Waals surface area contributed by atoms with E-state index in [1.54, 1.807) is 0 Å². The van der Waals surface area contributed by atoms with E-state index in [2.05, 4.69) is 76.3 Å². The number of rotatable bonds is 3. The normalized spacial score (nSPS) is 12.3. The monoisotopic (exact) mass is 268 g/mol. The maximum absolute atomic E-state index is 2.21. The third-order valence-electron chi connectivity index (χ3n) is 3.27. The minimum absolute atomic E-state index is 1.31. The van der Waals surface area contributed by atoms with Gasteiger partial charge in [0, 0.05) is 20.9 Å². The molecule has 0 fully saturated rings. The Morgan fingerprint density at radius 1 is 1.00 bits per heavy atom. The summed E-state index contributed by atoms with van der Waals surface area (Å²) in [4.78, 5) is 2.78. The first-order chi connectivity index (χ1) is 9.19. The molecule has 0 radical (unpaired) electrons. The molecule has 1 aromatic carbocycles. The second-order valence-electron chi connectivity index (χ2n) is 4.57.